The molecule has 102 valence electrons. The Hall–Kier alpha value is -2.63. The highest BCUT2D eigenvalue weighted by atomic mass is 16.5. The van der Waals surface area contributed by atoms with Crippen LogP contribution in [0.4, 0.5) is 5.82 Å². The highest BCUT2D eigenvalue weighted by Gasteiger charge is 2.14. The minimum Gasteiger partial charge on any atom is -0.465 e. The van der Waals surface area contributed by atoms with E-state index in [1.165, 1.54) is 7.11 Å². The topological polar surface area (TPSA) is 83.0 Å². The van der Waals surface area contributed by atoms with E-state index < -0.39 is 0 Å². The minimum absolute atomic E-state index is 0.376. The van der Waals surface area contributed by atoms with Crippen molar-refractivity contribution in [2.24, 2.45) is 0 Å². The summed E-state index contributed by atoms with van der Waals surface area (Å²) in [5.41, 5.74) is 8.07. The zero-order valence-corrected chi connectivity index (χ0v) is 11.3. The Balaban J connectivity index is 2.42. The molecule has 2 N–H and O–H groups in total. The first-order chi connectivity index (χ1) is 9.65. The van der Waals surface area contributed by atoms with Gasteiger partial charge in [0.15, 0.2) is 0 Å². The number of ether oxygens (including phenoxy) is 1. The number of rotatable bonds is 2. The number of esters is 1. The summed E-state index contributed by atoms with van der Waals surface area (Å²) in [6.45, 7) is 2.71. The third-order valence-electron chi connectivity index (χ3n) is 3.33. The molecule has 0 saturated heterocycles. The molecular formula is C14H14N4O2. The van der Waals surface area contributed by atoms with Gasteiger partial charge in [0.2, 0.25) is 0 Å². The molecule has 1 aromatic carbocycles. The maximum atomic E-state index is 11.7. The molecule has 6 heteroatoms. The third-order valence-corrected chi connectivity index (χ3v) is 3.33. The number of nitrogens with zero attached hydrogens (tertiary/aromatic N) is 3. The van der Waals surface area contributed by atoms with Crippen molar-refractivity contribution in [3.05, 3.63) is 30.0 Å². The second-order valence-corrected chi connectivity index (χ2v) is 4.44. The molecule has 0 bridgehead atoms. The van der Waals surface area contributed by atoms with Gasteiger partial charge in [-0.2, -0.15) is 5.10 Å². The van der Waals surface area contributed by atoms with Gasteiger partial charge < -0.3 is 10.5 Å². The first kappa shape index (κ1) is 12.4. The van der Waals surface area contributed by atoms with E-state index in [0.29, 0.717) is 17.9 Å². The summed E-state index contributed by atoms with van der Waals surface area (Å²) in [6, 6.07) is 5.22. The van der Waals surface area contributed by atoms with Crippen molar-refractivity contribution in [2.45, 2.75) is 13.5 Å². The number of carbonyl (C=O) groups excluding carboxylic acids is 1. The van der Waals surface area contributed by atoms with Crippen LogP contribution in [0, 0.1) is 0 Å². The van der Waals surface area contributed by atoms with Crippen LogP contribution in [0.2, 0.25) is 0 Å². The normalized spacial score (nSPS) is 11.1. The van der Waals surface area contributed by atoms with Gasteiger partial charge in [0.05, 0.1) is 35.3 Å². The van der Waals surface area contributed by atoms with Crippen molar-refractivity contribution >= 4 is 33.6 Å². The van der Waals surface area contributed by atoms with Crippen molar-refractivity contribution in [1.82, 2.24) is 14.8 Å². The van der Waals surface area contributed by atoms with Crippen molar-refractivity contribution in [3.8, 4) is 0 Å². The van der Waals surface area contributed by atoms with Gasteiger partial charge in [0, 0.05) is 11.9 Å². The van der Waals surface area contributed by atoms with Gasteiger partial charge in [0.25, 0.3) is 0 Å². The number of nitrogens with two attached hydrogens (primary N) is 1. The van der Waals surface area contributed by atoms with Crippen molar-refractivity contribution in [1.29, 1.82) is 0 Å². The summed E-state index contributed by atoms with van der Waals surface area (Å²) in [4.78, 5) is 16.0. The molecule has 20 heavy (non-hydrogen) atoms. The number of fused-ring (bicyclic) bond motifs is 3. The predicted octanol–water partition coefficient (Wildman–Crippen LogP) is 1.97. The summed E-state index contributed by atoms with van der Waals surface area (Å²) in [7, 11) is 1.36. The van der Waals surface area contributed by atoms with Crippen LogP contribution in [-0.4, -0.2) is 27.8 Å². The Bertz CT molecular complexity index is 823. The summed E-state index contributed by atoms with van der Waals surface area (Å²) >= 11 is 0. The second-order valence-electron chi connectivity index (χ2n) is 4.44. The van der Waals surface area contributed by atoms with Gasteiger partial charge in [-0.3, -0.25) is 4.68 Å². The van der Waals surface area contributed by atoms with Crippen molar-refractivity contribution in [3.63, 3.8) is 0 Å². The molecule has 0 fully saturated rings. The van der Waals surface area contributed by atoms with Gasteiger partial charge in [-0.15, -0.1) is 0 Å². The van der Waals surface area contributed by atoms with E-state index in [1.807, 2.05) is 11.6 Å². The number of hydrogen-bond acceptors (Lipinski definition) is 5. The highest BCUT2D eigenvalue weighted by molar-refractivity contribution is 6.09. The van der Waals surface area contributed by atoms with E-state index in [0.717, 1.165) is 21.8 Å². The van der Waals surface area contributed by atoms with Crippen LogP contribution in [0.1, 0.15) is 17.3 Å². The zero-order chi connectivity index (χ0) is 14.3. The van der Waals surface area contributed by atoms with Crippen LogP contribution in [0.15, 0.2) is 24.4 Å². The molecule has 3 aromatic rings. The zero-order valence-electron chi connectivity index (χ0n) is 11.3. The lowest BCUT2D eigenvalue weighted by molar-refractivity contribution is 0.0601. The van der Waals surface area contributed by atoms with E-state index >= 15 is 0 Å². The molecule has 0 saturated carbocycles. The molecule has 3 rings (SSSR count). The highest BCUT2D eigenvalue weighted by Crippen LogP contribution is 2.28. The predicted molar refractivity (Wildman–Crippen MR) is 76.5 cm³/mol. The standard InChI is InChI=1S/C14H14N4O2/c1-3-18-12-9-6-8(14(19)20-2)4-5-11(9)17-13(15)10(12)7-16-18/h4-7H,3H2,1-2H3,(H2,15,17). The number of anilines is 1. The third kappa shape index (κ3) is 1.69. The van der Waals surface area contributed by atoms with Gasteiger partial charge in [0.1, 0.15) is 5.82 Å². The Morgan fingerprint density at radius 1 is 1.40 bits per heavy atom. The number of aryl methyl sites for hydroxylation is 1. The molecule has 0 aliphatic rings. The Kier molecular flexibility index (Phi) is 2.78. The fraction of sp³-hybridized carbons (Fsp3) is 0.214. The lowest BCUT2D eigenvalue weighted by Gasteiger charge is -2.07. The van der Waals surface area contributed by atoms with Gasteiger partial charge in [-0.05, 0) is 25.1 Å². The molecular weight excluding hydrogens is 256 g/mol. The van der Waals surface area contributed by atoms with Crippen molar-refractivity contribution in [2.75, 3.05) is 12.8 Å². The summed E-state index contributed by atoms with van der Waals surface area (Å²) in [5.74, 6) is 0.0671. The van der Waals surface area contributed by atoms with Crippen LogP contribution in [0.3, 0.4) is 0 Å². The molecule has 0 aliphatic carbocycles. The molecule has 0 spiro atoms. The first-order valence-electron chi connectivity index (χ1n) is 6.28. The summed E-state index contributed by atoms with van der Waals surface area (Å²) in [5, 5.41) is 5.94. The van der Waals surface area contributed by atoms with E-state index in [1.54, 1.807) is 24.4 Å². The van der Waals surface area contributed by atoms with Crippen molar-refractivity contribution < 1.29 is 9.53 Å². The average molecular weight is 270 g/mol. The molecule has 0 amide bonds. The monoisotopic (exact) mass is 270 g/mol. The Labute approximate surface area is 115 Å². The molecule has 0 atom stereocenters. The number of carbonyl (C=O) groups is 1. The largest absolute Gasteiger partial charge is 0.465 e. The van der Waals surface area contributed by atoms with Crippen LogP contribution < -0.4 is 5.73 Å². The van der Waals surface area contributed by atoms with Crippen LogP contribution in [-0.2, 0) is 11.3 Å². The number of aromatic nitrogens is 3. The van der Waals surface area contributed by atoms with E-state index in [9.17, 15) is 4.79 Å². The van der Waals surface area contributed by atoms with Gasteiger partial charge in [-0.1, -0.05) is 0 Å². The van der Waals surface area contributed by atoms with E-state index in [4.69, 9.17) is 10.5 Å². The van der Waals surface area contributed by atoms with E-state index in [2.05, 4.69) is 10.1 Å². The molecule has 6 nitrogen and oxygen atoms in total. The molecule has 0 aliphatic heterocycles. The van der Waals surface area contributed by atoms with Crippen LogP contribution in [0.25, 0.3) is 21.8 Å². The molecule has 0 radical (unpaired) electrons. The van der Waals surface area contributed by atoms with E-state index in [-0.39, 0.29) is 5.97 Å². The van der Waals surface area contributed by atoms with Gasteiger partial charge in [-0.25, -0.2) is 9.78 Å². The fourth-order valence-corrected chi connectivity index (χ4v) is 2.35. The summed E-state index contributed by atoms with van der Waals surface area (Å²) in [6.07, 6.45) is 1.70. The number of hydrogen-bond donors (Lipinski definition) is 1. The quantitative estimate of drug-likeness (QED) is 0.720. The summed E-state index contributed by atoms with van der Waals surface area (Å²) < 4.78 is 6.60. The van der Waals surface area contributed by atoms with Gasteiger partial charge >= 0.3 is 5.97 Å². The average Bonchev–Trinajstić information content (AvgIpc) is 2.91. The Morgan fingerprint density at radius 3 is 2.90 bits per heavy atom. The molecule has 2 heterocycles. The van der Waals surface area contributed by atoms with Crippen LogP contribution in [0.5, 0.6) is 0 Å². The molecule has 0 unspecified atom stereocenters. The fourth-order valence-electron chi connectivity index (χ4n) is 2.35. The smallest absolute Gasteiger partial charge is 0.337 e. The minimum atomic E-state index is -0.376. The molecule has 2 aromatic heterocycles. The Morgan fingerprint density at radius 2 is 2.20 bits per heavy atom. The maximum absolute atomic E-state index is 11.7. The second kappa shape index (κ2) is 4.48. The number of methoxy groups -OCH3 is 1. The first-order valence-corrected chi connectivity index (χ1v) is 6.28. The lowest BCUT2D eigenvalue weighted by Crippen LogP contribution is -2.03. The SMILES string of the molecule is CCn1ncc2c(N)nc3ccc(C(=O)OC)cc3c21. The number of nitrogen functional groups attached to an aromatic ring is 1. The maximum Gasteiger partial charge on any atom is 0.337 e. The van der Waals surface area contributed by atoms with Crippen LogP contribution >= 0.6 is 0 Å². The number of benzene rings is 1. The number of pyridine rings is 1. The lowest BCUT2D eigenvalue weighted by atomic mass is 10.1.